The van der Waals surface area contributed by atoms with Crippen LogP contribution in [0, 0.1) is 0 Å². The number of hydrogen-bond acceptors (Lipinski definition) is 9. The zero-order valence-electron chi connectivity index (χ0n) is 31.5. The predicted octanol–water partition coefficient (Wildman–Crippen LogP) is 8.24. The molecule has 50 heavy (non-hydrogen) atoms. The van der Waals surface area contributed by atoms with E-state index in [1.165, 1.54) is 109 Å². The van der Waals surface area contributed by atoms with Crippen LogP contribution in [-0.4, -0.2) is 72.3 Å². The highest BCUT2D eigenvalue weighted by atomic mass is 32.3. The molecule has 11 nitrogen and oxygen atoms in total. The molecule has 1 saturated heterocycles. The minimum Gasteiger partial charge on any atom is -0.457 e. The molecular weight excluding hydrogens is 662 g/mol. The highest BCUT2D eigenvalue weighted by Crippen LogP contribution is 2.27. The quantitative estimate of drug-likeness (QED) is 0.0293. The fraction of sp³-hybridized carbons (Fsp3) is 0.947. The van der Waals surface area contributed by atoms with E-state index in [1.54, 1.807) is 0 Å². The molecule has 1 aliphatic heterocycles. The Labute approximate surface area is 304 Å². The molecule has 1 aliphatic rings. The molecule has 0 aromatic rings. The number of carbonyl (C=O) groups is 2. The number of hydrogen-bond donors (Lipinski definition) is 4. The zero-order chi connectivity index (χ0) is 36.9. The van der Waals surface area contributed by atoms with E-state index in [9.17, 15) is 32.8 Å². The van der Waals surface area contributed by atoms with Crippen molar-refractivity contribution in [3.05, 3.63) is 0 Å². The summed E-state index contributed by atoms with van der Waals surface area (Å²) in [5, 5.41) is 23.1. The molecular formula is C38H73NO10S. The van der Waals surface area contributed by atoms with Crippen molar-refractivity contribution in [2.75, 3.05) is 6.61 Å². The second-order valence-electron chi connectivity index (χ2n) is 14.3. The first-order valence-corrected chi connectivity index (χ1v) is 21.6. The number of ether oxygens (including phenoxy) is 2. The summed E-state index contributed by atoms with van der Waals surface area (Å²) < 4.78 is 48.4. The largest absolute Gasteiger partial charge is 0.457 e. The van der Waals surface area contributed by atoms with E-state index in [4.69, 9.17) is 13.7 Å². The van der Waals surface area contributed by atoms with E-state index in [0.29, 0.717) is 12.8 Å². The minimum absolute atomic E-state index is 0.0483. The van der Waals surface area contributed by atoms with Crippen LogP contribution in [0.1, 0.15) is 194 Å². The van der Waals surface area contributed by atoms with Gasteiger partial charge >= 0.3 is 16.4 Å². The molecule has 0 bridgehead atoms. The number of amides is 1. The van der Waals surface area contributed by atoms with Gasteiger partial charge in [-0.2, -0.15) is 8.42 Å². The van der Waals surface area contributed by atoms with Gasteiger partial charge in [-0.25, -0.2) is 4.18 Å². The highest BCUT2D eigenvalue weighted by Gasteiger charge is 2.50. The number of rotatable bonds is 33. The van der Waals surface area contributed by atoms with E-state index in [0.717, 1.165) is 44.9 Å². The van der Waals surface area contributed by atoms with Gasteiger partial charge in [-0.05, 0) is 12.8 Å². The van der Waals surface area contributed by atoms with Gasteiger partial charge in [0.05, 0.1) is 6.61 Å². The van der Waals surface area contributed by atoms with Crippen LogP contribution >= 0.6 is 0 Å². The van der Waals surface area contributed by atoms with Crippen molar-refractivity contribution in [3.63, 3.8) is 0 Å². The van der Waals surface area contributed by atoms with Crippen molar-refractivity contribution < 1.29 is 46.4 Å². The molecule has 1 heterocycles. The van der Waals surface area contributed by atoms with Crippen LogP contribution in [0.15, 0.2) is 0 Å². The molecule has 1 amide bonds. The fourth-order valence-corrected chi connectivity index (χ4v) is 7.19. The molecule has 0 aromatic carbocycles. The van der Waals surface area contributed by atoms with Gasteiger partial charge in [0.15, 0.2) is 12.4 Å². The molecule has 0 spiro atoms. The van der Waals surface area contributed by atoms with Crippen LogP contribution in [0.4, 0.5) is 0 Å². The molecule has 0 saturated carbocycles. The summed E-state index contributed by atoms with van der Waals surface area (Å²) in [5.74, 6) is -1.09. The Morgan fingerprint density at radius 2 is 1.00 bits per heavy atom. The van der Waals surface area contributed by atoms with Crippen LogP contribution < -0.4 is 5.32 Å². The number of esters is 1. The SMILES string of the molecule is CCCCCCCCCCCCCCCCCC(=O)N[C@H]1C(O)O[C@H](CO)[C@@H](OS(=O)(=O)O)[C@@H]1OC(=O)CCCCCCCCCCCCC. The summed E-state index contributed by atoms with van der Waals surface area (Å²) >= 11 is 0. The smallest absolute Gasteiger partial charge is 0.397 e. The van der Waals surface area contributed by atoms with Crippen molar-refractivity contribution in [1.82, 2.24) is 5.32 Å². The molecule has 1 unspecified atom stereocenters. The molecule has 0 aliphatic carbocycles. The second-order valence-corrected chi connectivity index (χ2v) is 15.3. The van der Waals surface area contributed by atoms with Crippen LogP contribution in [0.25, 0.3) is 0 Å². The maximum atomic E-state index is 12.9. The summed E-state index contributed by atoms with van der Waals surface area (Å²) in [6, 6.07) is -1.37. The Hall–Kier alpha value is -1.31. The van der Waals surface area contributed by atoms with Crippen molar-refractivity contribution in [1.29, 1.82) is 0 Å². The standard InChI is InChI=1S/C38H73NO10S/c1-3-5-7-9-11-13-15-16-17-18-20-21-23-25-27-29-33(41)39-35-37(36(49-50(44,45)46)32(31-40)47-38(35)43)48-34(42)30-28-26-24-22-19-14-12-10-8-6-4-2/h32,35-38,40,43H,3-31H2,1-2H3,(H,39,41)(H,44,45,46)/t32-,35-,36-,37-,38?/m1/s1. The summed E-state index contributed by atoms with van der Waals surface area (Å²) in [4.78, 5) is 25.7. The minimum atomic E-state index is -5.06. The van der Waals surface area contributed by atoms with Crippen molar-refractivity contribution in [2.45, 2.75) is 224 Å². The number of nitrogens with one attached hydrogen (secondary N) is 1. The Kier molecular flexibility index (Phi) is 28.2. The highest BCUT2D eigenvalue weighted by molar-refractivity contribution is 7.80. The molecule has 1 rings (SSSR count). The normalized spacial score (nSPS) is 20.9. The average Bonchev–Trinajstić information content (AvgIpc) is 3.07. The summed E-state index contributed by atoms with van der Waals surface area (Å²) in [6.45, 7) is 3.66. The Bertz CT molecular complexity index is 950. The van der Waals surface area contributed by atoms with Crippen LogP contribution in [-0.2, 0) is 33.6 Å². The van der Waals surface area contributed by atoms with Gasteiger partial charge in [0.25, 0.3) is 0 Å². The molecule has 12 heteroatoms. The van der Waals surface area contributed by atoms with Gasteiger partial charge in [-0.1, -0.05) is 168 Å². The first-order valence-electron chi connectivity index (χ1n) is 20.2. The van der Waals surface area contributed by atoms with E-state index in [-0.39, 0.29) is 12.8 Å². The number of unbranched alkanes of at least 4 members (excludes halogenated alkanes) is 24. The van der Waals surface area contributed by atoms with Crippen LogP contribution in [0.5, 0.6) is 0 Å². The number of carbonyl (C=O) groups excluding carboxylic acids is 2. The van der Waals surface area contributed by atoms with Gasteiger partial charge in [0.1, 0.15) is 18.2 Å². The number of aliphatic hydroxyl groups is 2. The lowest BCUT2D eigenvalue weighted by atomic mass is 9.96. The van der Waals surface area contributed by atoms with Gasteiger partial charge in [0, 0.05) is 12.8 Å². The van der Waals surface area contributed by atoms with Crippen molar-refractivity contribution >= 4 is 22.3 Å². The van der Waals surface area contributed by atoms with Crippen molar-refractivity contribution in [2.24, 2.45) is 0 Å². The maximum absolute atomic E-state index is 12.9. The number of aliphatic hydroxyl groups excluding tert-OH is 2. The van der Waals surface area contributed by atoms with Gasteiger partial charge < -0.3 is 25.0 Å². The predicted molar refractivity (Wildman–Crippen MR) is 197 cm³/mol. The van der Waals surface area contributed by atoms with Gasteiger partial charge in [-0.15, -0.1) is 0 Å². The van der Waals surface area contributed by atoms with E-state index >= 15 is 0 Å². The third kappa shape index (κ3) is 24.0. The van der Waals surface area contributed by atoms with E-state index in [2.05, 4.69) is 19.2 Å². The molecule has 296 valence electrons. The molecule has 1 fully saturated rings. The molecule has 4 N–H and O–H groups in total. The van der Waals surface area contributed by atoms with Gasteiger partial charge in [0.2, 0.25) is 5.91 Å². The maximum Gasteiger partial charge on any atom is 0.397 e. The first kappa shape index (κ1) is 46.7. The summed E-state index contributed by atoms with van der Waals surface area (Å²) in [5.41, 5.74) is 0. The third-order valence-electron chi connectivity index (χ3n) is 9.67. The Balaban J connectivity index is 2.47. The lowest BCUT2D eigenvalue weighted by Gasteiger charge is -2.43. The van der Waals surface area contributed by atoms with E-state index in [1.807, 2.05) is 0 Å². The first-order chi connectivity index (χ1) is 24.1. The topological polar surface area (TPSA) is 169 Å². The average molecular weight is 736 g/mol. The lowest BCUT2D eigenvalue weighted by Crippen LogP contribution is -2.66. The molecule has 0 aromatic heterocycles. The monoisotopic (exact) mass is 735 g/mol. The van der Waals surface area contributed by atoms with Crippen LogP contribution in [0.2, 0.25) is 0 Å². The fourth-order valence-electron chi connectivity index (χ4n) is 6.68. The second kappa shape index (κ2) is 30.2. The molecule has 0 radical (unpaired) electrons. The van der Waals surface area contributed by atoms with Gasteiger partial charge in [-0.3, -0.25) is 14.1 Å². The Morgan fingerprint density at radius 1 is 0.620 bits per heavy atom. The molecule has 5 atom stereocenters. The summed E-state index contributed by atoms with van der Waals surface area (Å²) in [7, 11) is -5.06. The lowest BCUT2D eigenvalue weighted by molar-refractivity contribution is -0.254. The van der Waals surface area contributed by atoms with Crippen molar-refractivity contribution in [3.8, 4) is 0 Å². The Morgan fingerprint density at radius 3 is 1.38 bits per heavy atom. The third-order valence-corrected chi connectivity index (χ3v) is 10.1. The zero-order valence-corrected chi connectivity index (χ0v) is 32.3. The summed E-state index contributed by atoms with van der Waals surface area (Å²) in [6.07, 6.45) is 24.0. The van der Waals surface area contributed by atoms with E-state index < -0.39 is 59.5 Å². The van der Waals surface area contributed by atoms with Crippen LogP contribution in [0.3, 0.4) is 0 Å².